The van der Waals surface area contributed by atoms with E-state index in [2.05, 4.69) is 10.6 Å². The van der Waals surface area contributed by atoms with Gasteiger partial charge >= 0.3 is 0 Å². The number of rotatable bonds is 2. The molecule has 1 atom stereocenters. The smallest absolute Gasteiger partial charge is 0.253 e. The molecule has 1 aromatic carbocycles. The van der Waals surface area contributed by atoms with Gasteiger partial charge in [0.1, 0.15) is 11.8 Å². The lowest BCUT2D eigenvalue weighted by molar-refractivity contribution is -0.124. The number of phenols is 1. The number of carbonyl (C=O) groups is 2. The number of hydrogen-bond donors (Lipinski definition) is 3. The highest BCUT2D eigenvalue weighted by molar-refractivity contribution is 6.34. The fourth-order valence-electron chi connectivity index (χ4n) is 1.83. The predicted molar refractivity (Wildman–Crippen MR) is 66.6 cm³/mol. The zero-order chi connectivity index (χ0) is 13.1. The molecule has 0 spiro atoms. The van der Waals surface area contributed by atoms with Crippen LogP contribution >= 0.6 is 11.6 Å². The van der Waals surface area contributed by atoms with Crippen molar-refractivity contribution in [2.75, 3.05) is 6.54 Å². The van der Waals surface area contributed by atoms with Gasteiger partial charge in [0.25, 0.3) is 5.91 Å². The van der Waals surface area contributed by atoms with Crippen molar-refractivity contribution in [3.63, 3.8) is 0 Å². The van der Waals surface area contributed by atoms with E-state index in [0.29, 0.717) is 13.0 Å². The fourth-order valence-corrected chi connectivity index (χ4v) is 2.04. The fraction of sp³-hybridized carbons (Fsp3) is 0.333. The average Bonchev–Trinajstić information content (AvgIpc) is 2.35. The van der Waals surface area contributed by atoms with Crippen molar-refractivity contribution in [2.45, 2.75) is 18.9 Å². The van der Waals surface area contributed by atoms with E-state index in [0.717, 1.165) is 6.42 Å². The third-order valence-electron chi connectivity index (χ3n) is 2.79. The molecular formula is C12H13ClN2O3. The van der Waals surface area contributed by atoms with Crippen LogP contribution in [-0.2, 0) is 4.79 Å². The van der Waals surface area contributed by atoms with E-state index in [-0.39, 0.29) is 22.2 Å². The van der Waals surface area contributed by atoms with Gasteiger partial charge in [0.15, 0.2) is 0 Å². The number of aromatic hydroxyl groups is 1. The quantitative estimate of drug-likeness (QED) is 0.750. The maximum atomic E-state index is 11.9. The van der Waals surface area contributed by atoms with E-state index in [4.69, 9.17) is 11.6 Å². The van der Waals surface area contributed by atoms with E-state index in [1.54, 1.807) is 0 Å². The van der Waals surface area contributed by atoms with Crippen LogP contribution in [-0.4, -0.2) is 29.5 Å². The average molecular weight is 269 g/mol. The topological polar surface area (TPSA) is 78.4 Å². The third kappa shape index (κ3) is 2.73. The first-order chi connectivity index (χ1) is 8.58. The first-order valence-corrected chi connectivity index (χ1v) is 6.03. The molecule has 96 valence electrons. The van der Waals surface area contributed by atoms with Gasteiger partial charge in [-0.1, -0.05) is 11.6 Å². The van der Waals surface area contributed by atoms with Crippen molar-refractivity contribution < 1.29 is 14.7 Å². The van der Waals surface area contributed by atoms with Crippen molar-refractivity contribution in [1.82, 2.24) is 10.6 Å². The van der Waals surface area contributed by atoms with Crippen LogP contribution in [0.1, 0.15) is 23.2 Å². The number of benzene rings is 1. The zero-order valence-electron chi connectivity index (χ0n) is 9.57. The van der Waals surface area contributed by atoms with Crippen LogP contribution in [0.4, 0.5) is 0 Å². The molecule has 0 saturated carbocycles. The lowest BCUT2D eigenvalue weighted by atomic mass is 10.1. The van der Waals surface area contributed by atoms with Crippen molar-refractivity contribution in [3.8, 4) is 5.75 Å². The monoisotopic (exact) mass is 268 g/mol. The lowest BCUT2D eigenvalue weighted by Crippen LogP contribution is -2.50. The summed E-state index contributed by atoms with van der Waals surface area (Å²) in [6, 6.07) is 3.57. The first-order valence-electron chi connectivity index (χ1n) is 5.65. The zero-order valence-corrected chi connectivity index (χ0v) is 10.3. The second-order valence-electron chi connectivity index (χ2n) is 4.12. The molecule has 1 aromatic rings. The highest BCUT2D eigenvalue weighted by Gasteiger charge is 2.24. The van der Waals surface area contributed by atoms with Gasteiger partial charge < -0.3 is 15.7 Å². The Kier molecular flexibility index (Phi) is 3.72. The van der Waals surface area contributed by atoms with E-state index in [1.165, 1.54) is 18.2 Å². The van der Waals surface area contributed by atoms with Crippen molar-refractivity contribution in [2.24, 2.45) is 0 Å². The van der Waals surface area contributed by atoms with Gasteiger partial charge in [-0.05, 0) is 31.0 Å². The van der Waals surface area contributed by atoms with Crippen LogP contribution in [0.3, 0.4) is 0 Å². The molecule has 1 aliphatic heterocycles. The SMILES string of the molecule is O=C(NC1CCCNC1=O)c1cc(O)ccc1Cl. The molecule has 5 nitrogen and oxygen atoms in total. The summed E-state index contributed by atoms with van der Waals surface area (Å²) < 4.78 is 0. The number of carbonyl (C=O) groups excluding carboxylic acids is 2. The Morgan fingerprint density at radius 2 is 2.28 bits per heavy atom. The van der Waals surface area contributed by atoms with Gasteiger partial charge in [0, 0.05) is 6.54 Å². The van der Waals surface area contributed by atoms with Crippen molar-refractivity contribution >= 4 is 23.4 Å². The minimum absolute atomic E-state index is 0.0438. The summed E-state index contributed by atoms with van der Waals surface area (Å²) in [7, 11) is 0. The molecule has 0 radical (unpaired) electrons. The van der Waals surface area contributed by atoms with E-state index in [9.17, 15) is 14.7 Å². The van der Waals surface area contributed by atoms with Crippen LogP contribution in [0, 0.1) is 0 Å². The summed E-state index contributed by atoms with van der Waals surface area (Å²) in [5, 5.41) is 14.8. The summed E-state index contributed by atoms with van der Waals surface area (Å²) in [5.74, 6) is -0.693. The van der Waals surface area contributed by atoms with Gasteiger partial charge in [0.05, 0.1) is 10.6 Å². The van der Waals surface area contributed by atoms with Gasteiger partial charge in [-0.3, -0.25) is 9.59 Å². The van der Waals surface area contributed by atoms with Crippen LogP contribution < -0.4 is 10.6 Å². The van der Waals surface area contributed by atoms with E-state index < -0.39 is 11.9 Å². The number of piperidine rings is 1. The largest absolute Gasteiger partial charge is 0.508 e. The Balaban J connectivity index is 2.11. The maximum absolute atomic E-state index is 11.9. The van der Waals surface area contributed by atoms with Gasteiger partial charge in [0.2, 0.25) is 5.91 Å². The van der Waals surface area contributed by atoms with Crippen molar-refractivity contribution in [3.05, 3.63) is 28.8 Å². The molecule has 1 heterocycles. The Morgan fingerprint density at radius 3 is 3.00 bits per heavy atom. The summed E-state index contributed by atoms with van der Waals surface area (Å²) in [5.41, 5.74) is 0.162. The summed E-state index contributed by atoms with van der Waals surface area (Å²) in [4.78, 5) is 23.4. The van der Waals surface area contributed by atoms with E-state index in [1.807, 2.05) is 0 Å². The second kappa shape index (κ2) is 5.27. The Hall–Kier alpha value is -1.75. The molecule has 0 bridgehead atoms. The Labute approximate surface area is 109 Å². The lowest BCUT2D eigenvalue weighted by Gasteiger charge is -2.22. The number of nitrogens with one attached hydrogen (secondary N) is 2. The molecule has 6 heteroatoms. The number of phenolic OH excluding ortho intramolecular Hbond substituents is 1. The minimum Gasteiger partial charge on any atom is -0.508 e. The summed E-state index contributed by atoms with van der Waals surface area (Å²) >= 11 is 5.87. The number of halogens is 1. The Bertz CT molecular complexity index is 490. The third-order valence-corrected chi connectivity index (χ3v) is 3.11. The highest BCUT2D eigenvalue weighted by Crippen LogP contribution is 2.21. The van der Waals surface area contributed by atoms with Crippen LogP contribution in [0.2, 0.25) is 5.02 Å². The van der Waals surface area contributed by atoms with Gasteiger partial charge in [-0.25, -0.2) is 0 Å². The molecule has 1 saturated heterocycles. The summed E-state index contributed by atoms with van der Waals surface area (Å²) in [6.07, 6.45) is 1.43. The molecule has 1 fully saturated rings. The molecule has 0 aliphatic carbocycles. The Morgan fingerprint density at radius 1 is 1.50 bits per heavy atom. The standard InChI is InChI=1S/C12H13ClN2O3/c13-9-4-3-7(16)6-8(9)11(17)15-10-2-1-5-14-12(10)18/h3-4,6,10,16H,1-2,5H2,(H,14,18)(H,15,17). The molecule has 1 unspecified atom stereocenters. The van der Waals surface area contributed by atoms with E-state index >= 15 is 0 Å². The molecule has 1 aliphatic rings. The number of amides is 2. The van der Waals surface area contributed by atoms with Crippen LogP contribution in [0.5, 0.6) is 5.75 Å². The highest BCUT2D eigenvalue weighted by atomic mass is 35.5. The molecule has 2 amide bonds. The number of hydrogen-bond acceptors (Lipinski definition) is 3. The molecular weight excluding hydrogens is 256 g/mol. The first kappa shape index (κ1) is 12.7. The summed E-state index contributed by atoms with van der Waals surface area (Å²) in [6.45, 7) is 0.637. The van der Waals surface area contributed by atoms with Gasteiger partial charge in [-0.15, -0.1) is 0 Å². The molecule has 18 heavy (non-hydrogen) atoms. The maximum Gasteiger partial charge on any atom is 0.253 e. The molecule has 0 aromatic heterocycles. The molecule has 2 rings (SSSR count). The van der Waals surface area contributed by atoms with Gasteiger partial charge in [-0.2, -0.15) is 0 Å². The predicted octanol–water partition coefficient (Wildman–Crippen LogP) is 1.05. The van der Waals surface area contributed by atoms with Crippen LogP contribution in [0.25, 0.3) is 0 Å². The normalized spacial score (nSPS) is 19.2. The van der Waals surface area contributed by atoms with Crippen molar-refractivity contribution in [1.29, 1.82) is 0 Å². The van der Waals surface area contributed by atoms with Crippen LogP contribution in [0.15, 0.2) is 18.2 Å². The minimum atomic E-state index is -0.537. The second-order valence-corrected chi connectivity index (χ2v) is 4.53. The molecule has 3 N–H and O–H groups in total.